The molecule has 2 unspecified atom stereocenters. The summed E-state index contributed by atoms with van der Waals surface area (Å²) in [7, 11) is 0. The van der Waals surface area contributed by atoms with E-state index >= 15 is 0 Å². The average molecular weight is 367 g/mol. The molecule has 3 rings (SSSR count). The summed E-state index contributed by atoms with van der Waals surface area (Å²) in [5.41, 5.74) is 2.28. The summed E-state index contributed by atoms with van der Waals surface area (Å²) in [5.74, 6) is -1.19. The van der Waals surface area contributed by atoms with Crippen molar-refractivity contribution in [2.24, 2.45) is 0 Å². The van der Waals surface area contributed by atoms with E-state index in [1.807, 2.05) is 6.92 Å². The third-order valence-corrected chi connectivity index (χ3v) is 4.34. The highest BCUT2D eigenvalue weighted by atomic mass is 19.1. The fraction of sp³-hybridized carbons (Fsp3) is 0.182. The Balaban J connectivity index is 1.76. The van der Waals surface area contributed by atoms with Crippen molar-refractivity contribution in [2.75, 3.05) is 0 Å². The number of pyridine rings is 1. The number of carbonyl (C=O) groups is 1. The van der Waals surface area contributed by atoms with Crippen molar-refractivity contribution in [1.82, 2.24) is 4.98 Å². The van der Waals surface area contributed by atoms with Crippen LogP contribution in [0, 0.1) is 11.6 Å². The number of rotatable bonds is 6. The molecule has 0 aliphatic carbocycles. The smallest absolute Gasteiger partial charge is 0.307 e. The molecule has 1 aromatic heterocycles. The van der Waals surface area contributed by atoms with Gasteiger partial charge in [0.1, 0.15) is 11.6 Å². The standard InChI is InChI=1S/C22H19F2NO2/c1-15(16-2-6-19(23)7-3-16)14-21(26)27-22(18-10-12-25-13-11-18)17-4-8-20(24)9-5-17/h2-13,15,22H,14H2,1H3. The van der Waals surface area contributed by atoms with Crippen LogP contribution in [0.5, 0.6) is 0 Å². The Morgan fingerprint density at radius 1 is 0.852 bits per heavy atom. The Bertz CT molecular complexity index is 880. The highest BCUT2D eigenvalue weighted by Gasteiger charge is 2.21. The second-order valence-electron chi connectivity index (χ2n) is 6.36. The molecule has 0 aliphatic heterocycles. The predicted octanol–water partition coefficient (Wildman–Crippen LogP) is 5.19. The van der Waals surface area contributed by atoms with Gasteiger partial charge >= 0.3 is 5.97 Å². The number of benzene rings is 2. The molecule has 3 aromatic rings. The Kier molecular flexibility index (Phi) is 5.91. The van der Waals surface area contributed by atoms with Gasteiger partial charge in [-0.05, 0) is 53.4 Å². The van der Waals surface area contributed by atoms with E-state index in [0.29, 0.717) is 5.56 Å². The molecule has 0 radical (unpaired) electrons. The zero-order valence-electron chi connectivity index (χ0n) is 14.8. The van der Waals surface area contributed by atoms with Crippen molar-refractivity contribution in [3.8, 4) is 0 Å². The van der Waals surface area contributed by atoms with Gasteiger partial charge in [-0.25, -0.2) is 8.78 Å². The minimum Gasteiger partial charge on any atom is -0.453 e. The summed E-state index contributed by atoms with van der Waals surface area (Å²) in [6.07, 6.45) is 2.72. The van der Waals surface area contributed by atoms with Gasteiger partial charge in [-0.2, -0.15) is 0 Å². The fourth-order valence-corrected chi connectivity index (χ4v) is 2.84. The second kappa shape index (κ2) is 8.54. The highest BCUT2D eigenvalue weighted by molar-refractivity contribution is 5.71. The number of halogens is 2. The first-order valence-electron chi connectivity index (χ1n) is 8.63. The summed E-state index contributed by atoms with van der Waals surface area (Å²) >= 11 is 0. The Morgan fingerprint density at radius 3 is 1.89 bits per heavy atom. The molecule has 27 heavy (non-hydrogen) atoms. The summed E-state index contributed by atoms with van der Waals surface area (Å²) in [5, 5.41) is 0. The molecule has 2 aromatic carbocycles. The van der Waals surface area contributed by atoms with E-state index in [-0.39, 0.29) is 24.0 Å². The van der Waals surface area contributed by atoms with Gasteiger partial charge < -0.3 is 4.74 Å². The normalized spacial score (nSPS) is 13.0. The van der Waals surface area contributed by atoms with Gasteiger partial charge in [0.2, 0.25) is 0 Å². The number of aromatic nitrogens is 1. The monoisotopic (exact) mass is 367 g/mol. The molecular formula is C22H19F2NO2. The Labute approximate surface area is 156 Å². The number of nitrogens with zero attached hydrogens (tertiary/aromatic N) is 1. The van der Waals surface area contributed by atoms with Crippen LogP contribution < -0.4 is 0 Å². The van der Waals surface area contributed by atoms with Gasteiger partial charge in [0.25, 0.3) is 0 Å². The first kappa shape index (κ1) is 18.7. The molecule has 3 nitrogen and oxygen atoms in total. The lowest BCUT2D eigenvalue weighted by atomic mass is 9.97. The largest absolute Gasteiger partial charge is 0.453 e. The van der Waals surface area contributed by atoms with Crippen molar-refractivity contribution in [3.63, 3.8) is 0 Å². The maximum Gasteiger partial charge on any atom is 0.307 e. The number of ether oxygens (including phenoxy) is 1. The van der Waals surface area contributed by atoms with Crippen LogP contribution in [0.3, 0.4) is 0 Å². The van der Waals surface area contributed by atoms with Crippen LogP contribution >= 0.6 is 0 Å². The molecule has 0 saturated carbocycles. The SMILES string of the molecule is CC(CC(=O)OC(c1ccncc1)c1ccc(F)cc1)c1ccc(F)cc1. The van der Waals surface area contributed by atoms with Gasteiger partial charge in [-0.15, -0.1) is 0 Å². The van der Waals surface area contributed by atoms with Crippen molar-refractivity contribution >= 4 is 5.97 Å². The maximum absolute atomic E-state index is 13.3. The summed E-state index contributed by atoms with van der Waals surface area (Å²) in [6, 6.07) is 15.4. The molecule has 0 amide bonds. The first-order valence-corrected chi connectivity index (χ1v) is 8.63. The zero-order chi connectivity index (χ0) is 19.2. The molecule has 0 bridgehead atoms. The van der Waals surface area contributed by atoms with Gasteiger partial charge in [0.05, 0.1) is 6.42 Å². The quantitative estimate of drug-likeness (QED) is 0.563. The van der Waals surface area contributed by atoms with Gasteiger partial charge in [0, 0.05) is 18.0 Å². The Morgan fingerprint density at radius 2 is 1.33 bits per heavy atom. The molecule has 0 N–H and O–H groups in total. The van der Waals surface area contributed by atoms with Crippen molar-refractivity contribution in [3.05, 3.63) is 101 Å². The number of carbonyl (C=O) groups excluding carboxylic acids is 1. The molecule has 5 heteroatoms. The van der Waals surface area contributed by atoms with Crippen LogP contribution in [0.2, 0.25) is 0 Å². The lowest BCUT2D eigenvalue weighted by molar-refractivity contribution is -0.147. The van der Waals surface area contributed by atoms with Crippen molar-refractivity contribution in [2.45, 2.75) is 25.4 Å². The molecular weight excluding hydrogens is 348 g/mol. The van der Waals surface area contributed by atoms with E-state index in [2.05, 4.69) is 4.98 Å². The van der Waals surface area contributed by atoms with Gasteiger partial charge in [0.15, 0.2) is 6.10 Å². The van der Waals surface area contributed by atoms with Gasteiger partial charge in [-0.1, -0.05) is 31.2 Å². The number of hydrogen-bond donors (Lipinski definition) is 0. The minimum absolute atomic E-state index is 0.121. The van der Waals surface area contributed by atoms with Crippen LogP contribution in [0.1, 0.15) is 42.1 Å². The third-order valence-electron chi connectivity index (χ3n) is 4.34. The minimum atomic E-state index is -0.651. The van der Waals surface area contributed by atoms with Crippen LogP contribution in [0.4, 0.5) is 8.78 Å². The second-order valence-corrected chi connectivity index (χ2v) is 6.36. The van der Waals surface area contributed by atoms with Crippen molar-refractivity contribution in [1.29, 1.82) is 0 Å². The number of hydrogen-bond acceptors (Lipinski definition) is 3. The Hall–Kier alpha value is -3.08. The summed E-state index contributed by atoms with van der Waals surface area (Å²) in [4.78, 5) is 16.5. The summed E-state index contributed by atoms with van der Waals surface area (Å²) < 4.78 is 32.0. The molecule has 2 atom stereocenters. The van der Waals surface area contributed by atoms with Crippen LogP contribution in [0.15, 0.2) is 73.1 Å². The maximum atomic E-state index is 13.3. The van der Waals surface area contributed by atoms with Crippen LogP contribution in [-0.2, 0) is 9.53 Å². The zero-order valence-corrected chi connectivity index (χ0v) is 14.8. The predicted molar refractivity (Wildman–Crippen MR) is 98.0 cm³/mol. The lowest BCUT2D eigenvalue weighted by Gasteiger charge is -2.20. The van der Waals surface area contributed by atoms with Crippen LogP contribution in [-0.4, -0.2) is 11.0 Å². The average Bonchev–Trinajstić information content (AvgIpc) is 2.68. The fourth-order valence-electron chi connectivity index (χ4n) is 2.84. The third kappa shape index (κ3) is 4.97. The molecule has 0 saturated heterocycles. The van der Waals surface area contributed by atoms with E-state index in [0.717, 1.165) is 11.1 Å². The van der Waals surface area contributed by atoms with E-state index in [9.17, 15) is 13.6 Å². The topological polar surface area (TPSA) is 39.2 Å². The van der Waals surface area contributed by atoms with E-state index in [4.69, 9.17) is 4.74 Å². The van der Waals surface area contributed by atoms with Gasteiger partial charge in [-0.3, -0.25) is 9.78 Å². The van der Waals surface area contributed by atoms with E-state index in [1.54, 1.807) is 48.8 Å². The molecule has 138 valence electrons. The molecule has 0 spiro atoms. The first-order chi connectivity index (χ1) is 13.0. The van der Waals surface area contributed by atoms with Crippen LogP contribution in [0.25, 0.3) is 0 Å². The van der Waals surface area contributed by atoms with E-state index < -0.39 is 12.1 Å². The lowest BCUT2D eigenvalue weighted by Crippen LogP contribution is -2.15. The molecule has 0 aliphatic rings. The summed E-state index contributed by atoms with van der Waals surface area (Å²) in [6.45, 7) is 1.88. The highest BCUT2D eigenvalue weighted by Crippen LogP contribution is 2.28. The molecule has 1 heterocycles. The molecule has 0 fully saturated rings. The van der Waals surface area contributed by atoms with E-state index in [1.165, 1.54) is 24.3 Å². The number of esters is 1. The van der Waals surface area contributed by atoms with Crippen molar-refractivity contribution < 1.29 is 18.3 Å².